The smallest absolute Gasteiger partial charge is 0.230 e. The third-order valence-corrected chi connectivity index (χ3v) is 4.39. The predicted molar refractivity (Wildman–Crippen MR) is 73.4 cm³/mol. The number of carbonyl (C=O) groups is 1. The van der Waals surface area contributed by atoms with Crippen molar-refractivity contribution >= 4 is 17.7 Å². The standard InChI is InChI=1S/C13H19N3OS/c14-10-13(5-1-2-6-13)16-12(17)9-18-11-3-7-15-8-4-11/h3-4,7-8H,1-2,5-6,9-10,14H2,(H,16,17). The van der Waals surface area contributed by atoms with Gasteiger partial charge in [0.25, 0.3) is 0 Å². The van der Waals surface area contributed by atoms with Gasteiger partial charge in [0.2, 0.25) is 5.91 Å². The molecule has 4 nitrogen and oxygen atoms in total. The van der Waals surface area contributed by atoms with E-state index in [-0.39, 0.29) is 11.4 Å². The van der Waals surface area contributed by atoms with Crippen molar-refractivity contribution in [2.45, 2.75) is 36.1 Å². The van der Waals surface area contributed by atoms with Crippen LogP contribution in [0.4, 0.5) is 0 Å². The normalized spacial score (nSPS) is 17.6. The first-order valence-corrected chi connectivity index (χ1v) is 7.27. The lowest BCUT2D eigenvalue weighted by atomic mass is 9.98. The Hall–Kier alpha value is -1.07. The van der Waals surface area contributed by atoms with Crippen LogP contribution in [0.25, 0.3) is 0 Å². The highest BCUT2D eigenvalue weighted by atomic mass is 32.2. The Bertz CT molecular complexity index is 390. The monoisotopic (exact) mass is 265 g/mol. The summed E-state index contributed by atoms with van der Waals surface area (Å²) in [4.78, 5) is 16.9. The van der Waals surface area contributed by atoms with Gasteiger partial charge in [-0.3, -0.25) is 9.78 Å². The Morgan fingerprint density at radius 3 is 2.67 bits per heavy atom. The topological polar surface area (TPSA) is 68.0 Å². The van der Waals surface area contributed by atoms with Crippen molar-refractivity contribution in [2.75, 3.05) is 12.3 Å². The molecule has 1 aromatic rings. The molecule has 1 amide bonds. The van der Waals surface area contributed by atoms with Crippen molar-refractivity contribution in [2.24, 2.45) is 5.73 Å². The maximum Gasteiger partial charge on any atom is 0.230 e. The summed E-state index contributed by atoms with van der Waals surface area (Å²) in [5.41, 5.74) is 5.65. The average molecular weight is 265 g/mol. The minimum absolute atomic E-state index is 0.0733. The molecule has 1 aliphatic carbocycles. The molecule has 3 N–H and O–H groups in total. The second kappa shape index (κ2) is 6.20. The van der Waals surface area contributed by atoms with Gasteiger partial charge in [-0.1, -0.05) is 12.8 Å². The van der Waals surface area contributed by atoms with Crippen LogP contribution in [-0.4, -0.2) is 28.7 Å². The molecule has 0 unspecified atom stereocenters. The van der Waals surface area contributed by atoms with E-state index in [9.17, 15) is 4.79 Å². The highest BCUT2D eigenvalue weighted by Gasteiger charge is 2.33. The third-order valence-electron chi connectivity index (χ3n) is 3.38. The minimum Gasteiger partial charge on any atom is -0.349 e. The molecule has 0 aromatic carbocycles. The van der Waals surface area contributed by atoms with Gasteiger partial charge in [0, 0.05) is 23.8 Å². The van der Waals surface area contributed by atoms with Gasteiger partial charge in [-0.05, 0) is 25.0 Å². The summed E-state index contributed by atoms with van der Waals surface area (Å²) < 4.78 is 0. The number of nitrogens with two attached hydrogens (primary N) is 1. The number of thioether (sulfide) groups is 1. The number of rotatable bonds is 5. The highest BCUT2D eigenvalue weighted by Crippen LogP contribution is 2.28. The van der Waals surface area contributed by atoms with E-state index in [1.165, 1.54) is 11.8 Å². The van der Waals surface area contributed by atoms with Crippen molar-refractivity contribution in [1.29, 1.82) is 0 Å². The van der Waals surface area contributed by atoms with Crippen molar-refractivity contribution in [3.05, 3.63) is 24.5 Å². The lowest BCUT2D eigenvalue weighted by Crippen LogP contribution is -2.52. The lowest BCUT2D eigenvalue weighted by Gasteiger charge is -2.28. The molecule has 0 bridgehead atoms. The molecule has 0 saturated heterocycles. The van der Waals surface area contributed by atoms with Crippen LogP contribution < -0.4 is 11.1 Å². The molecule has 0 spiro atoms. The Labute approximate surface area is 112 Å². The van der Waals surface area contributed by atoms with Crippen LogP contribution in [-0.2, 0) is 4.79 Å². The van der Waals surface area contributed by atoms with Crippen LogP contribution in [0.3, 0.4) is 0 Å². The van der Waals surface area contributed by atoms with E-state index in [1.54, 1.807) is 12.4 Å². The lowest BCUT2D eigenvalue weighted by molar-refractivity contribution is -0.120. The Morgan fingerprint density at radius 2 is 2.06 bits per heavy atom. The molecule has 0 radical (unpaired) electrons. The Balaban J connectivity index is 1.82. The molecule has 18 heavy (non-hydrogen) atoms. The maximum atomic E-state index is 11.9. The molecule has 1 aromatic heterocycles. The maximum absolute atomic E-state index is 11.9. The minimum atomic E-state index is -0.143. The van der Waals surface area contributed by atoms with Crippen LogP contribution in [0, 0.1) is 0 Å². The second-order valence-electron chi connectivity index (χ2n) is 4.71. The van der Waals surface area contributed by atoms with Gasteiger partial charge in [0.1, 0.15) is 0 Å². The van der Waals surface area contributed by atoms with Crippen molar-refractivity contribution < 1.29 is 4.79 Å². The van der Waals surface area contributed by atoms with E-state index in [0.29, 0.717) is 12.3 Å². The largest absolute Gasteiger partial charge is 0.349 e. The second-order valence-corrected chi connectivity index (χ2v) is 5.76. The van der Waals surface area contributed by atoms with Gasteiger partial charge < -0.3 is 11.1 Å². The van der Waals surface area contributed by atoms with Gasteiger partial charge in [0.15, 0.2) is 0 Å². The SMILES string of the molecule is NCC1(NC(=O)CSc2ccncc2)CCCC1. The van der Waals surface area contributed by atoms with Gasteiger partial charge in [-0.25, -0.2) is 0 Å². The van der Waals surface area contributed by atoms with Crippen molar-refractivity contribution in [3.63, 3.8) is 0 Å². The predicted octanol–water partition coefficient (Wildman–Crippen LogP) is 1.56. The molecule has 0 atom stereocenters. The first kappa shape index (κ1) is 13.4. The highest BCUT2D eigenvalue weighted by molar-refractivity contribution is 8.00. The van der Waals surface area contributed by atoms with Crippen LogP contribution >= 0.6 is 11.8 Å². The number of nitrogens with one attached hydrogen (secondary N) is 1. The third kappa shape index (κ3) is 3.46. The molecule has 1 heterocycles. The number of aromatic nitrogens is 1. The van der Waals surface area contributed by atoms with Crippen LogP contribution in [0.2, 0.25) is 0 Å². The molecular formula is C13H19N3OS. The Morgan fingerprint density at radius 1 is 1.39 bits per heavy atom. The first-order valence-electron chi connectivity index (χ1n) is 6.28. The van der Waals surface area contributed by atoms with E-state index in [0.717, 1.165) is 30.6 Å². The van der Waals surface area contributed by atoms with Crippen LogP contribution in [0.5, 0.6) is 0 Å². The zero-order chi connectivity index (χ0) is 12.8. The number of nitrogens with zero attached hydrogens (tertiary/aromatic N) is 1. The van der Waals surface area contributed by atoms with E-state index in [4.69, 9.17) is 5.73 Å². The zero-order valence-electron chi connectivity index (χ0n) is 10.4. The summed E-state index contributed by atoms with van der Waals surface area (Å²) in [7, 11) is 0. The number of amides is 1. The summed E-state index contributed by atoms with van der Waals surface area (Å²) in [6.45, 7) is 0.540. The average Bonchev–Trinajstić information content (AvgIpc) is 2.87. The van der Waals surface area contributed by atoms with Crippen LogP contribution in [0.1, 0.15) is 25.7 Å². The first-order chi connectivity index (χ1) is 8.74. The molecule has 1 aliphatic rings. The van der Waals surface area contributed by atoms with Gasteiger partial charge >= 0.3 is 0 Å². The number of carbonyl (C=O) groups excluding carboxylic acids is 1. The molecule has 2 rings (SSSR count). The zero-order valence-corrected chi connectivity index (χ0v) is 11.2. The number of hydrogen-bond donors (Lipinski definition) is 2. The summed E-state index contributed by atoms with van der Waals surface area (Å²) >= 11 is 1.53. The van der Waals surface area contributed by atoms with Gasteiger partial charge in [-0.2, -0.15) is 0 Å². The van der Waals surface area contributed by atoms with E-state index in [1.807, 2.05) is 12.1 Å². The van der Waals surface area contributed by atoms with E-state index < -0.39 is 0 Å². The number of hydrogen-bond acceptors (Lipinski definition) is 4. The van der Waals surface area contributed by atoms with Gasteiger partial charge in [-0.15, -0.1) is 11.8 Å². The molecule has 5 heteroatoms. The van der Waals surface area contributed by atoms with Crippen molar-refractivity contribution in [1.82, 2.24) is 10.3 Å². The fraction of sp³-hybridized carbons (Fsp3) is 0.538. The summed E-state index contributed by atoms with van der Waals surface area (Å²) in [5.74, 6) is 0.510. The fourth-order valence-corrected chi connectivity index (χ4v) is 3.03. The molecule has 1 saturated carbocycles. The number of pyridine rings is 1. The molecule has 98 valence electrons. The van der Waals surface area contributed by atoms with Gasteiger partial charge in [0.05, 0.1) is 11.3 Å². The Kier molecular flexibility index (Phi) is 4.60. The van der Waals surface area contributed by atoms with Crippen LogP contribution in [0.15, 0.2) is 29.4 Å². The summed E-state index contributed by atoms with van der Waals surface area (Å²) in [6, 6.07) is 3.82. The van der Waals surface area contributed by atoms with E-state index >= 15 is 0 Å². The summed E-state index contributed by atoms with van der Waals surface area (Å²) in [6.07, 6.45) is 7.81. The molecular weight excluding hydrogens is 246 g/mol. The fourth-order valence-electron chi connectivity index (χ4n) is 2.35. The summed E-state index contributed by atoms with van der Waals surface area (Å²) in [5, 5.41) is 3.11. The van der Waals surface area contributed by atoms with E-state index in [2.05, 4.69) is 10.3 Å². The quantitative estimate of drug-likeness (QED) is 0.793. The molecule has 1 fully saturated rings. The molecule has 0 aliphatic heterocycles. The van der Waals surface area contributed by atoms with Crippen molar-refractivity contribution in [3.8, 4) is 0 Å².